The zero-order valence-electron chi connectivity index (χ0n) is 15.8. The Bertz CT molecular complexity index is 887. The van der Waals surface area contributed by atoms with Gasteiger partial charge in [-0.25, -0.2) is 0 Å². The number of aryl methyl sites for hydroxylation is 2. The smallest absolute Gasteiger partial charge is 0.257 e. The Kier molecular flexibility index (Phi) is 5.86. The molecule has 0 saturated carbocycles. The van der Waals surface area contributed by atoms with Crippen LogP contribution in [0.4, 0.5) is 0 Å². The summed E-state index contributed by atoms with van der Waals surface area (Å²) >= 11 is 0. The number of amides is 1. The summed E-state index contributed by atoms with van der Waals surface area (Å²) in [5.74, 6) is 1.19. The van der Waals surface area contributed by atoms with Crippen LogP contribution in [0.3, 0.4) is 0 Å². The van der Waals surface area contributed by atoms with Gasteiger partial charge in [0.05, 0.1) is 16.8 Å². The lowest BCUT2D eigenvalue weighted by Crippen LogP contribution is -2.29. The highest BCUT2D eigenvalue weighted by atomic mass is 16.5. The third-order valence-corrected chi connectivity index (χ3v) is 4.45. The van der Waals surface area contributed by atoms with Gasteiger partial charge >= 0.3 is 0 Å². The van der Waals surface area contributed by atoms with E-state index in [-0.39, 0.29) is 5.91 Å². The van der Waals surface area contributed by atoms with E-state index in [0.29, 0.717) is 30.9 Å². The molecular weight excluding hydrogens is 342 g/mol. The molecule has 2 heterocycles. The van der Waals surface area contributed by atoms with Crippen molar-refractivity contribution in [3.63, 3.8) is 0 Å². The molecule has 0 spiro atoms. The number of carbonyl (C=O) groups is 1. The highest BCUT2D eigenvalue weighted by Gasteiger charge is 2.18. The van der Waals surface area contributed by atoms with E-state index in [1.807, 2.05) is 44.2 Å². The minimum atomic E-state index is -0.0831. The molecule has 0 atom stereocenters. The first-order valence-electron chi connectivity index (χ1n) is 8.85. The molecule has 0 unspecified atom stereocenters. The van der Waals surface area contributed by atoms with Crippen LogP contribution in [0, 0.1) is 13.8 Å². The second kappa shape index (κ2) is 8.49. The Morgan fingerprint density at radius 2 is 1.93 bits per heavy atom. The molecule has 0 radical (unpaired) electrons. The van der Waals surface area contributed by atoms with Gasteiger partial charge in [0.25, 0.3) is 5.91 Å². The summed E-state index contributed by atoms with van der Waals surface area (Å²) in [5, 5.41) is 3.93. The Morgan fingerprint density at radius 1 is 1.15 bits per heavy atom. The van der Waals surface area contributed by atoms with E-state index in [4.69, 9.17) is 9.26 Å². The molecule has 0 aliphatic carbocycles. The summed E-state index contributed by atoms with van der Waals surface area (Å²) in [6.45, 7) is 4.61. The summed E-state index contributed by atoms with van der Waals surface area (Å²) in [6.07, 6.45) is 2.46. The number of para-hydroxylation sites is 1. The van der Waals surface area contributed by atoms with Crippen LogP contribution in [0.5, 0.6) is 5.75 Å². The lowest BCUT2D eigenvalue weighted by atomic mass is 10.1. The van der Waals surface area contributed by atoms with Crippen molar-refractivity contribution in [1.82, 2.24) is 15.0 Å². The fraction of sp³-hybridized carbons (Fsp3) is 0.286. The SMILES string of the molecule is Cc1noc(C)c1COc1ccccc1C(=O)N(C)CCc1ccccn1. The molecule has 27 heavy (non-hydrogen) atoms. The molecule has 1 amide bonds. The van der Waals surface area contributed by atoms with Crippen molar-refractivity contribution in [3.05, 3.63) is 76.9 Å². The summed E-state index contributed by atoms with van der Waals surface area (Å²) in [4.78, 5) is 18.9. The second-order valence-corrected chi connectivity index (χ2v) is 6.39. The molecule has 3 aromatic rings. The third kappa shape index (κ3) is 4.53. The number of carbonyl (C=O) groups excluding carboxylic acids is 1. The van der Waals surface area contributed by atoms with Crippen LogP contribution in [0.15, 0.2) is 53.2 Å². The van der Waals surface area contributed by atoms with Crippen LogP contribution < -0.4 is 4.74 Å². The van der Waals surface area contributed by atoms with Gasteiger partial charge in [-0.15, -0.1) is 0 Å². The standard InChI is InChI=1S/C21H23N3O3/c1-15-19(16(2)27-23-15)14-26-20-10-5-4-9-18(20)21(25)24(3)13-11-17-8-6-7-12-22-17/h4-10,12H,11,13-14H2,1-3H3. The van der Waals surface area contributed by atoms with Gasteiger partial charge in [0.1, 0.15) is 18.1 Å². The number of aromatic nitrogens is 2. The van der Waals surface area contributed by atoms with Crippen LogP contribution in [-0.2, 0) is 13.0 Å². The van der Waals surface area contributed by atoms with E-state index < -0.39 is 0 Å². The van der Waals surface area contributed by atoms with Crippen LogP contribution in [0.25, 0.3) is 0 Å². The Hall–Kier alpha value is -3.15. The largest absolute Gasteiger partial charge is 0.488 e. The van der Waals surface area contributed by atoms with Crippen molar-refractivity contribution in [1.29, 1.82) is 0 Å². The Labute approximate surface area is 158 Å². The lowest BCUT2D eigenvalue weighted by molar-refractivity contribution is 0.0791. The quantitative estimate of drug-likeness (QED) is 0.640. The maximum absolute atomic E-state index is 12.9. The number of pyridine rings is 1. The fourth-order valence-corrected chi connectivity index (χ4v) is 2.76. The highest BCUT2D eigenvalue weighted by Crippen LogP contribution is 2.22. The Balaban J connectivity index is 1.67. The molecule has 0 N–H and O–H groups in total. The van der Waals surface area contributed by atoms with Gasteiger partial charge in [-0.2, -0.15) is 0 Å². The van der Waals surface area contributed by atoms with Gasteiger partial charge in [0.2, 0.25) is 0 Å². The van der Waals surface area contributed by atoms with Gasteiger partial charge in [-0.1, -0.05) is 23.4 Å². The van der Waals surface area contributed by atoms with Crippen LogP contribution in [0.1, 0.15) is 33.1 Å². The molecule has 0 aliphatic rings. The first kappa shape index (κ1) is 18.6. The van der Waals surface area contributed by atoms with E-state index in [2.05, 4.69) is 10.1 Å². The molecule has 3 rings (SSSR count). The molecule has 0 saturated heterocycles. The summed E-state index contributed by atoms with van der Waals surface area (Å²) in [5.41, 5.74) is 3.19. The zero-order valence-corrected chi connectivity index (χ0v) is 15.8. The van der Waals surface area contributed by atoms with Gasteiger partial charge in [0, 0.05) is 31.9 Å². The molecule has 0 fully saturated rings. The molecule has 0 bridgehead atoms. The fourth-order valence-electron chi connectivity index (χ4n) is 2.76. The van der Waals surface area contributed by atoms with Gasteiger partial charge in [0.15, 0.2) is 0 Å². The number of nitrogens with zero attached hydrogens (tertiary/aromatic N) is 3. The van der Waals surface area contributed by atoms with Crippen LogP contribution in [-0.4, -0.2) is 34.5 Å². The van der Waals surface area contributed by atoms with Crippen molar-refractivity contribution < 1.29 is 14.1 Å². The number of likely N-dealkylation sites (N-methyl/N-ethyl adjacent to an activating group) is 1. The van der Waals surface area contributed by atoms with Gasteiger partial charge in [-0.3, -0.25) is 9.78 Å². The van der Waals surface area contributed by atoms with Crippen LogP contribution >= 0.6 is 0 Å². The van der Waals surface area contributed by atoms with E-state index in [1.54, 1.807) is 30.3 Å². The summed E-state index contributed by atoms with van der Waals surface area (Å²) in [7, 11) is 1.79. The predicted molar refractivity (Wildman–Crippen MR) is 102 cm³/mol. The molecule has 0 aliphatic heterocycles. The monoisotopic (exact) mass is 365 g/mol. The average Bonchev–Trinajstić information content (AvgIpc) is 3.02. The van der Waals surface area contributed by atoms with Crippen LogP contribution in [0.2, 0.25) is 0 Å². The number of hydrogen-bond donors (Lipinski definition) is 0. The van der Waals surface area contributed by atoms with Gasteiger partial charge < -0.3 is 14.2 Å². The van der Waals surface area contributed by atoms with Crippen molar-refractivity contribution in [2.45, 2.75) is 26.9 Å². The number of benzene rings is 1. The minimum absolute atomic E-state index is 0.0831. The first-order valence-corrected chi connectivity index (χ1v) is 8.85. The third-order valence-electron chi connectivity index (χ3n) is 4.45. The van der Waals surface area contributed by atoms with Crippen molar-refractivity contribution in [2.75, 3.05) is 13.6 Å². The van der Waals surface area contributed by atoms with Crippen molar-refractivity contribution >= 4 is 5.91 Å². The van der Waals surface area contributed by atoms with E-state index in [1.165, 1.54) is 0 Å². The molecule has 6 heteroatoms. The second-order valence-electron chi connectivity index (χ2n) is 6.39. The molecule has 2 aromatic heterocycles. The normalized spacial score (nSPS) is 10.6. The number of hydrogen-bond acceptors (Lipinski definition) is 5. The molecular formula is C21H23N3O3. The predicted octanol–water partition coefficient (Wildman–Crippen LogP) is 3.58. The average molecular weight is 365 g/mol. The lowest BCUT2D eigenvalue weighted by Gasteiger charge is -2.19. The van der Waals surface area contributed by atoms with Gasteiger partial charge in [-0.05, 0) is 38.1 Å². The highest BCUT2D eigenvalue weighted by molar-refractivity contribution is 5.96. The maximum atomic E-state index is 12.9. The topological polar surface area (TPSA) is 68.5 Å². The maximum Gasteiger partial charge on any atom is 0.257 e. The van der Waals surface area contributed by atoms with Crippen molar-refractivity contribution in [3.8, 4) is 5.75 Å². The molecule has 140 valence electrons. The zero-order chi connectivity index (χ0) is 19.2. The molecule has 1 aromatic carbocycles. The summed E-state index contributed by atoms with van der Waals surface area (Å²) < 4.78 is 11.1. The molecule has 6 nitrogen and oxygen atoms in total. The van der Waals surface area contributed by atoms with Crippen molar-refractivity contribution in [2.24, 2.45) is 0 Å². The number of ether oxygens (including phenoxy) is 1. The van der Waals surface area contributed by atoms with E-state index in [9.17, 15) is 4.79 Å². The minimum Gasteiger partial charge on any atom is -0.488 e. The summed E-state index contributed by atoms with van der Waals surface area (Å²) in [6, 6.07) is 13.1. The number of rotatable bonds is 7. The first-order chi connectivity index (χ1) is 13.1. The Morgan fingerprint density at radius 3 is 2.63 bits per heavy atom. The van der Waals surface area contributed by atoms with E-state index >= 15 is 0 Å². The van der Waals surface area contributed by atoms with E-state index in [0.717, 1.165) is 22.7 Å².